The minimum Gasteiger partial charge on any atom is -0.376 e. The maximum absolute atomic E-state index is 12.8. The van der Waals surface area contributed by atoms with E-state index in [1.807, 2.05) is 12.1 Å². The van der Waals surface area contributed by atoms with Crippen LogP contribution in [0.4, 0.5) is 0 Å². The molecule has 0 N–H and O–H groups in total. The largest absolute Gasteiger partial charge is 0.376 e. The molecule has 0 radical (unpaired) electrons. The number of carbonyl (C=O) groups excluding carboxylic acids is 1. The van der Waals surface area contributed by atoms with Crippen molar-refractivity contribution in [2.45, 2.75) is 31.2 Å². The van der Waals surface area contributed by atoms with E-state index >= 15 is 0 Å². The number of ether oxygens (including phenoxy) is 1. The number of rotatable bonds is 1. The summed E-state index contributed by atoms with van der Waals surface area (Å²) < 4.78 is 5.29. The number of morpholine rings is 1. The molecule has 0 aromatic heterocycles. The van der Waals surface area contributed by atoms with Gasteiger partial charge in [0.15, 0.2) is 0 Å². The van der Waals surface area contributed by atoms with E-state index in [0.717, 1.165) is 24.8 Å². The van der Waals surface area contributed by atoms with E-state index in [1.54, 1.807) is 4.90 Å². The monoisotopic (exact) mass is 270 g/mol. The second-order valence-corrected chi connectivity index (χ2v) is 5.40. The van der Waals surface area contributed by atoms with E-state index in [4.69, 9.17) is 4.74 Å². The van der Waals surface area contributed by atoms with Gasteiger partial charge in [0.2, 0.25) is 5.91 Å². The van der Waals surface area contributed by atoms with Gasteiger partial charge in [-0.05, 0) is 30.4 Å². The van der Waals surface area contributed by atoms with E-state index in [9.17, 15) is 10.1 Å². The lowest BCUT2D eigenvalue weighted by Crippen LogP contribution is -2.50. The van der Waals surface area contributed by atoms with Crippen molar-refractivity contribution in [2.24, 2.45) is 0 Å². The van der Waals surface area contributed by atoms with E-state index in [2.05, 4.69) is 18.2 Å². The number of hydrogen-bond donors (Lipinski definition) is 0. The zero-order valence-corrected chi connectivity index (χ0v) is 11.4. The van der Waals surface area contributed by atoms with Crippen LogP contribution in [0.15, 0.2) is 24.3 Å². The van der Waals surface area contributed by atoms with Crippen LogP contribution in [0.25, 0.3) is 0 Å². The molecule has 2 atom stereocenters. The van der Waals surface area contributed by atoms with Crippen molar-refractivity contribution in [1.29, 1.82) is 5.26 Å². The average Bonchev–Trinajstić information content (AvgIpc) is 2.53. The predicted octanol–water partition coefficient (Wildman–Crippen LogP) is 1.86. The van der Waals surface area contributed by atoms with Gasteiger partial charge in [0.05, 0.1) is 25.2 Å². The minimum absolute atomic E-state index is 0.0890. The Balaban J connectivity index is 1.86. The average molecular weight is 270 g/mol. The van der Waals surface area contributed by atoms with Gasteiger partial charge in [-0.25, -0.2) is 0 Å². The normalized spacial score (nSPS) is 25.6. The predicted molar refractivity (Wildman–Crippen MR) is 74.1 cm³/mol. The third-order valence-corrected chi connectivity index (χ3v) is 4.23. The summed E-state index contributed by atoms with van der Waals surface area (Å²) >= 11 is 0. The van der Waals surface area contributed by atoms with Crippen molar-refractivity contribution < 1.29 is 9.53 Å². The van der Waals surface area contributed by atoms with Crippen molar-refractivity contribution in [3.63, 3.8) is 0 Å². The van der Waals surface area contributed by atoms with E-state index < -0.39 is 6.04 Å². The Bertz CT molecular complexity index is 550. The number of nitriles is 1. The molecule has 1 aliphatic carbocycles. The molecule has 104 valence electrons. The maximum Gasteiger partial charge on any atom is 0.231 e. The Labute approximate surface area is 118 Å². The molecule has 1 aliphatic heterocycles. The minimum atomic E-state index is -0.440. The van der Waals surface area contributed by atoms with Crippen LogP contribution in [0, 0.1) is 11.3 Å². The van der Waals surface area contributed by atoms with Gasteiger partial charge in [-0.3, -0.25) is 4.79 Å². The first-order valence-corrected chi connectivity index (χ1v) is 7.17. The molecule has 1 saturated heterocycles. The van der Waals surface area contributed by atoms with E-state index in [0.29, 0.717) is 19.8 Å². The van der Waals surface area contributed by atoms with Gasteiger partial charge >= 0.3 is 0 Å². The second kappa shape index (κ2) is 5.64. The highest BCUT2D eigenvalue weighted by Gasteiger charge is 2.34. The quantitative estimate of drug-likeness (QED) is 0.782. The van der Waals surface area contributed by atoms with Gasteiger partial charge in [-0.1, -0.05) is 24.3 Å². The van der Waals surface area contributed by atoms with Crippen molar-refractivity contribution in [3.8, 4) is 6.07 Å². The molecule has 1 aromatic carbocycles. The highest BCUT2D eigenvalue weighted by atomic mass is 16.5. The van der Waals surface area contributed by atoms with Crippen LogP contribution in [0.2, 0.25) is 0 Å². The van der Waals surface area contributed by atoms with Crippen molar-refractivity contribution >= 4 is 5.91 Å². The molecule has 1 heterocycles. The summed E-state index contributed by atoms with van der Waals surface area (Å²) in [7, 11) is 0. The topological polar surface area (TPSA) is 53.3 Å². The molecule has 1 aromatic rings. The van der Waals surface area contributed by atoms with Crippen molar-refractivity contribution in [3.05, 3.63) is 35.4 Å². The molecule has 1 fully saturated rings. The van der Waals surface area contributed by atoms with Crippen LogP contribution in [0.3, 0.4) is 0 Å². The van der Waals surface area contributed by atoms with Gasteiger partial charge in [-0.15, -0.1) is 0 Å². The summed E-state index contributed by atoms with van der Waals surface area (Å²) in [4.78, 5) is 14.5. The molecule has 2 unspecified atom stereocenters. The Hall–Kier alpha value is -1.86. The second-order valence-electron chi connectivity index (χ2n) is 5.40. The van der Waals surface area contributed by atoms with Crippen LogP contribution in [-0.2, 0) is 16.0 Å². The van der Waals surface area contributed by atoms with Crippen molar-refractivity contribution in [2.75, 3.05) is 19.8 Å². The number of amides is 1. The van der Waals surface area contributed by atoms with E-state index in [-0.39, 0.29) is 11.8 Å². The first-order chi connectivity index (χ1) is 9.81. The van der Waals surface area contributed by atoms with Crippen molar-refractivity contribution in [1.82, 2.24) is 4.90 Å². The van der Waals surface area contributed by atoms with E-state index in [1.165, 1.54) is 5.56 Å². The number of nitrogens with zero attached hydrogens (tertiary/aromatic N) is 2. The summed E-state index contributed by atoms with van der Waals surface area (Å²) in [5.41, 5.74) is 2.42. The fourth-order valence-corrected chi connectivity index (χ4v) is 3.19. The lowest BCUT2D eigenvalue weighted by molar-refractivity contribution is -0.139. The Morgan fingerprint density at radius 3 is 3.10 bits per heavy atom. The molecule has 1 amide bonds. The Morgan fingerprint density at radius 1 is 1.40 bits per heavy atom. The molecular weight excluding hydrogens is 252 g/mol. The van der Waals surface area contributed by atoms with Gasteiger partial charge in [-0.2, -0.15) is 5.26 Å². The summed E-state index contributed by atoms with van der Waals surface area (Å²) in [5.74, 6) is 0.000833. The molecule has 0 bridgehead atoms. The van der Waals surface area contributed by atoms with Gasteiger partial charge < -0.3 is 9.64 Å². The molecule has 0 saturated carbocycles. The van der Waals surface area contributed by atoms with Crippen LogP contribution < -0.4 is 0 Å². The van der Waals surface area contributed by atoms with Crippen LogP contribution in [0.1, 0.15) is 29.9 Å². The SMILES string of the molecule is N#CC1COCCN1C(=O)C1CCCc2ccccc21. The smallest absolute Gasteiger partial charge is 0.231 e. The molecule has 4 heteroatoms. The summed E-state index contributed by atoms with van der Waals surface area (Å²) in [6, 6.07) is 9.92. The lowest BCUT2D eigenvalue weighted by Gasteiger charge is -2.35. The van der Waals surface area contributed by atoms with Gasteiger partial charge in [0.1, 0.15) is 6.04 Å². The first-order valence-electron chi connectivity index (χ1n) is 7.17. The van der Waals surface area contributed by atoms with Crippen LogP contribution in [-0.4, -0.2) is 36.6 Å². The maximum atomic E-state index is 12.8. The fraction of sp³-hybridized carbons (Fsp3) is 0.500. The van der Waals surface area contributed by atoms with Crippen LogP contribution in [0.5, 0.6) is 0 Å². The summed E-state index contributed by atoms with van der Waals surface area (Å²) in [6.45, 7) is 1.38. The Morgan fingerprint density at radius 2 is 2.25 bits per heavy atom. The number of benzene rings is 1. The summed E-state index contributed by atoms with van der Waals surface area (Å²) in [5, 5.41) is 9.18. The zero-order chi connectivity index (χ0) is 13.9. The van der Waals surface area contributed by atoms with Gasteiger partial charge in [0.25, 0.3) is 0 Å². The molecule has 3 rings (SSSR count). The molecular formula is C16H18N2O2. The number of fused-ring (bicyclic) bond motifs is 1. The lowest BCUT2D eigenvalue weighted by atomic mass is 9.82. The standard InChI is InChI=1S/C16H18N2O2/c17-10-13-11-20-9-8-18(13)16(19)15-7-3-5-12-4-1-2-6-14(12)15/h1-2,4,6,13,15H,3,5,7-9,11H2. The number of hydrogen-bond acceptors (Lipinski definition) is 3. The first kappa shape index (κ1) is 13.1. The molecule has 4 nitrogen and oxygen atoms in total. The number of carbonyl (C=O) groups is 1. The summed E-state index contributed by atoms with van der Waals surface area (Å²) in [6.07, 6.45) is 2.96. The third kappa shape index (κ3) is 2.30. The van der Waals surface area contributed by atoms with Crippen LogP contribution >= 0.6 is 0 Å². The molecule has 2 aliphatic rings. The Kier molecular flexibility index (Phi) is 3.70. The highest BCUT2D eigenvalue weighted by molar-refractivity contribution is 5.85. The fourth-order valence-electron chi connectivity index (χ4n) is 3.19. The molecule has 20 heavy (non-hydrogen) atoms. The zero-order valence-electron chi connectivity index (χ0n) is 11.4. The third-order valence-electron chi connectivity index (χ3n) is 4.23. The highest BCUT2D eigenvalue weighted by Crippen LogP contribution is 2.33. The number of aryl methyl sites for hydroxylation is 1. The molecule has 0 spiro atoms. The van der Waals surface area contributed by atoms with Gasteiger partial charge in [0, 0.05) is 6.54 Å².